The van der Waals surface area contributed by atoms with Crippen molar-refractivity contribution in [3.63, 3.8) is 0 Å². The highest BCUT2D eigenvalue weighted by Gasteiger charge is 2.32. The Morgan fingerprint density at radius 1 is 1.18 bits per heavy atom. The van der Waals surface area contributed by atoms with Gasteiger partial charge in [-0.2, -0.15) is 5.26 Å². The molecule has 1 saturated carbocycles. The lowest BCUT2D eigenvalue weighted by atomic mass is 10.00. The second-order valence-electron chi connectivity index (χ2n) is 7.61. The molecule has 0 aromatic carbocycles. The molecule has 144 valence electrons. The molecule has 4 rings (SSSR count). The average molecular weight is 374 g/mol. The predicted molar refractivity (Wildman–Crippen MR) is 110 cm³/mol. The van der Waals surface area contributed by atoms with Gasteiger partial charge in [-0.1, -0.05) is 6.08 Å². The quantitative estimate of drug-likeness (QED) is 0.787. The van der Waals surface area contributed by atoms with Crippen LogP contribution in [-0.4, -0.2) is 34.1 Å². The zero-order chi connectivity index (χ0) is 19.5. The zero-order valence-corrected chi connectivity index (χ0v) is 16.5. The van der Waals surface area contributed by atoms with Gasteiger partial charge in [-0.05, 0) is 57.1 Å². The molecule has 2 aromatic heterocycles. The number of rotatable bonds is 5. The first-order valence-corrected chi connectivity index (χ1v) is 10.0. The number of nitriles is 1. The van der Waals surface area contributed by atoms with Crippen molar-refractivity contribution in [1.29, 1.82) is 5.26 Å². The molecule has 2 aromatic rings. The molecule has 28 heavy (non-hydrogen) atoms. The number of nitrogens with zero attached hydrogens (tertiary/aromatic N) is 6. The smallest absolute Gasteiger partial charge is 0.225 e. The van der Waals surface area contributed by atoms with Crippen LogP contribution in [0.3, 0.4) is 0 Å². The maximum Gasteiger partial charge on any atom is 0.225 e. The molecule has 0 bridgehead atoms. The molecular formula is C22H26N6. The van der Waals surface area contributed by atoms with E-state index in [0.29, 0.717) is 23.5 Å². The van der Waals surface area contributed by atoms with Gasteiger partial charge in [-0.25, -0.2) is 9.97 Å². The number of anilines is 2. The Hall–Kier alpha value is -2.94. The van der Waals surface area contributed by atoms with Crippen LogP contribution in [0.1, 0.15) is 56.6 Å². The summed E-state index contributed by atoms with van der Waals surface area (Å²) < 4.78 is 0. The van der Waals surface area contributed by atoms with Gasteiger partial charge in [0.05, 0.1) is 29.8 Å². The molecule has 3 heterocycles. The second kappa shape index (κ2) is 7.97. The van der Waals surface area contributed by atoms with E-state index in [1.54, 1.807) is 12.4 Å². The van der Waals surface area contributed by atoms with Gasteiger partial charge >= 0.3 is 0 Å². The average Bonchev–Trinajstić information content (AvgIpc) is 3.60. The van der Waals surface area contributed by atoms with Gasteiger partial charge in [0.15, 0.2) is 0 Å². The fourth-order valence-electron chi connectivity index (χ4n) is 4.02. The Labute approximate surface area is 166 Å². The summed E-state index contributed by atoms with van der Waals surface area (Å²) >= 11 is 0. The molecule has 0 unspecified atom stereocenters. The van der Waals surface area contributed by atoms with Crippen LogP contribution in [0, 0.1) is 11.3 Å². The monoisotopic (exact) mass is 374 g/mol. The van der Waals surface area contributed by atoms with Crippen LogP contribution in [0.25, 0.3) is 0 Å². The number of hydrogen-bond acceptors (Lipinski definition) is 6. The normalized spacial score (nSPS) is 18.0. The first kappa shape index (κ1) is 18.4. The van der Waals surface area contributed by atoms with Crippen molar-refractivity contribution in [3.8, 4) is 6.07 Å². The third kappa shape index (κ3) is 3.70. The third-order valence-electron chi connectivity index (χ3n) is 5.79. The van der Waals surface area contributed by atoms with E-state index in [9.17, 15) is 0 Å². The molecule has 2 fully saturated rings. The molecule has 1 aliphatic carbocycles. The van der Waals surface area contributed by atoms with Crippen molar-refractivity contribution < 1.29 is 0 Å². The summed E-state index contributed by atoms with van der Waals surface area (Å²) in [6.07, 6.45) is 14.0. The maximum atomic E-state index is 8.92. The maximum absolute atomic E-state index is 8.92. The molecule has 2 aliphatic rings. The molecule has 0 N–H and O–H groups in total. The first-order chi connectivity index (χ1) is 13.7. The van der Waals surface area contributed by atoms with E-state index in [4.69, 9.17) is 5.26 Å². The minimum atomic E-state index is 0.438. The fourth-order valence-corrected chi connectivity index (χ4v) is 4.02. The van der Waals surface area contributed by atoms with Crippen LogP contribution in [0.15, 0.2) is 42.6 Å². The largest absolute Gasteiger partial charge is 0.341 e. The second-order valence-corrected chi connectivity index (χ2v) is 7.61. The standard InChI is InChI=1S/C22H26N6/c1-3-16(2)28(21-15-24-9-6-20(21)18-4-5-18)19-7-10-27(11-8-19)22-25-13-17(12-23)14-26-22/h3,6,9,13-15,18-19H,4-5,7-8,10-11H2,1-2H3/b16-3+. The lowest BCUT2D eigenvalue weighted by Gasteiger charge is -2.40. The van der Waals surface area contributed by atoms with Gasteiger partial charge in [0.1, 0.15) is 6.07 Å². The number of pyridine rings is 1. The molecule has 0 atom stereocenters. The van der Waals surface area contributed by atoms with Crippen molar-refractivity contribution in [2.45, 2.75) is 51.5 Å². The fraction of sp³-hybridized carbons (Fsp3) is 0.455. The summed E-state index contributed by atoms with van der Waals surface area (Å²) in [5.74, 6) is 1.41. The first-order valence-electron chi connectivity index (χ1n) is 10.0. The van der Waals surface area contributed by atoms with Crippen molar-refractivity contribution in [3.05, 3.63) is 53.8 Å². The van der Waals surface area contributed by atoms with Gasteiger partial charge < -0.3 is 9.80 Å². The van der Waals surface area contributed by atoms with Gasteiger partial charge in [-0.15, -0.1) is 0 Å². The van der Waals surface area contributed by atoms with Crippen LogP contribution in [0.4, 0.5) is 11.6 Å². The molecule has 6 heteroatoms. The number of piperidine rings is 1. The highest BCUT2D eigenvalue weighted by molar-refractivity contribution is 5.59. The SMILES string of the molecule is C/C=C(\C)N(c1cnccc1C1CC1)C1CCN(c2ncc(C#N)cn2)CC1. The minimum absolute atomic E-state index is 0.438. The Kier molecular flexibility index (Phi) is 5.25. The predicted octanol–water partition coefficient (Wildman–Crippen LogP) is 4.02. The van der Waals surface area contributed by atoms with Gasteiger partial charge in [0.25, 0.3) is 0 Å². The van der Waals surface area contributed by atoms with Crippen molar-refractivity contribution in [2.75, 3.05) is 22.9 Å². The Morgan fingerprint density at radius 2 is 1.89 bits per heavy atom. The summed E-state index contributed by atoms with van der Waals surface area (Å²) in [4.78, 5) is 17.9. The minimum Gasteiger partial charge on any atom is -0.341 e. The molecule has 0 spiro atoms. The van der Waals surface area contributed by atoms with E-state index in [1.165, 1.54) is 29.8 Å². The Morgan fingerprint density at radius 3 is 2.50 bits per heavy atom. The topological polar surface area (TPSA) is 68.9 Å². The van der Waals surface area contributed by atoms with Crippen molar-refractivity contribution >= 4 is 11.6 Å². The highest BCUT2D eigenvalue weighted by atomic mass is 15.3. The van der Waals surface area contributed by atoms with Crippen molar-refractivity contribution in [1.82, 2.24) is 15.0 Å². The van der Waals surface area contributed by atoms with Crippen LogP contribution in [0.2, 0.25) is 0 Å². The van der Waals surface area contributed by atoms with Gasteiger partial charge in [0.2, 0.25) is 5.95 Å². The van der Waals surface area contributed by atoms with Crippen LogP contribution < -0.4 is 9.80 Å². The van der Waals surface area contributed by atoms with Crippen LogP contribution >= 0.6 is 0 Å². The summed E-state index contributed by atoms with van der Waals surface area (Å²) in [5, 5.41) is 8.92. The van der Waals surface area contributed by atoms with E-state index in [2.05, 4.69) is 56.8 Å². The third-order valence-corrected chi connectivity index (χ3v) is 5.79. The molecule has 0 radical (unpaired) electrons. The van der Waals surface area contributed by atoms with E-state index in [0.717, 1.165) is 25.9 Å². The van der Waals surface area contributed by atoms with Gasteiger partial charge in [-0.3, -0.25) is 4.98 Å². The molecule has 1 aliphatic heterocycles. The number of aromatic nitrogens is 3. The van der Waals surface area contributed by atoms with E-state index >= 15 is 0 Å². The number of allylic oxidation sites excluding steroid dienone is 2. The molecule has 0 amide bonds. The summed E-state index contributed by atoms with van der Waals surface area (Å²) in [6.45, 7) is 6.11. The van der Waals surface area contributed by atoms with Crippen molar-refractivity contribution in [2.24, 2.45) is 0 Å². The number of hydrogen-bond donors (Lipinski definition) is 0. The lowest BCUT2D eigenvalue weighted by Crippen LogP contribution is -2.45. The molecular weight excluding hydrogens is 348 g/mol. The zero-order valence-electron chi connectivity index (χ0n) is 16.5. The summed E-state index contributed by atoms with van der Waals surface area (Å²) in [7, 11) is 0. The highest BCUT2D eigenvalue weighted by Crippen LogP contribution is 2.45. The van der Waals surface area contributed by atoms with Crippen LogP contribution in [-0.2, 0) is 0 Å². The molecule has 6 nitrogen and oxygen atoms in total. The summed E-state index contributed by atoms with van der Waals surface area (Å²) in [6, 6.07) is 4.71. The van der Waals surface area contributed by atoms with E-state index < -0.39 is 0 Å². The Balaban J connectivity index is 1.53. The van der Waals surface area contributed by atoms with E-state index in [1.807, 2.05) is 12.4 Å². The van der Waals surface area contributed by atoms with Gasteiger partial charge in [0, 0.05) is 31.0 Å². The lowest BCUT2D eigenvalue weighted by molar-refractivity contribution is 0.478. The molecule has 1 saturated heterocycles. The summed E-state index contributed by atoms with van der Waals surface area (Å²) in [5.41, 5.74) is 4.49. The van der Waals surface area contributed by atoms with E-state index in [-0.39, 0.29) is 0 Å². The van der Waals surface area contributed by atoms with Crippen LogP contribution in [0.5, 0.6) is 0 Å². The Bertz CT molecular complexity index is 886.